The number of aryl methyl sites for hydroxylation is 1. The van der Waals surface area contributed by atoms with Gasteiger partial charge in [-0.2, -0.15) is 4.98 Å². The van der Waals surface area contributed by atoms with E-state index < -0.39 is 0 Å². The zero-order chi connectivity index (χ0) is 18.4. The summed E-state index contributed by atoms with van der Waals surface area (Å²) in [5.74, 6) is 1.46. The summed E-state index contributed by atoms with van der Waals surface area (Å²) in [6.45, 7) is 4.88. The summed E-state index contributed by atoms with van der Waals surface area (Å²) in [5, 5.41) is 7.52. The third kappa shape index (κ3) is 5.20. The fraction of sp³-hybridized carbons (Fsp3) is 0.238. The Morgan fingerprint density at radius 3 is 2.46 bits per heavy atom. The summed E-state index contributed by atoms with van der Waals surface area (Å²) in [6.07, 6.45) is 0.906. The van der Waals surface area contributed by atoms with E-state index in [2.05, 4.69) is 39.7 Å². The standard InChI is InChI=1S/C21H23ClN4/c1-15-14-20(23-13-12-17-8-10-19(22)11-9-17)26-21(24-15)25-16(2)18-6-4-3-5-7-18/h3-11,14,16H,12-13H2,1-2H3,(H2,23,24,25,26). The van der Waals surface area contributed by atoms with Crippen molar-refractivity contribution < 1.29 is 0 Å². The number of hydrogen-bond donors (Lipinski definition) is 2. The lowest BCUT2D eigenvalue weighted by Crippen LogP contribution is -2.12. The SMILES string of the molecule is Cc1cc(NCCc2ccc(Cl)cc2)nc(NC(C)c2ccccc2)n1. The quantitative estimate of drug-likeness (QED) is 0.598. The van der Waals surface area contributed by atoms with Crippen molar-refractivity contribution in [3.8, 4) is 0 Å². The molecule has 4 nitrogen and oxygen atoms in total. The first-order valence-corrected chi connectivity index (χ1v) is 9.13. The first kappa shape index (κ1) is 18.2. The third-order valence-corrected chi connectivity index (χ3v) is 4.38. The average molecular weight is 367 g/mol. The molecule has 26 heavy (non-hydrogen) atoms. The third-order valence-electron chi connectivity index (χ3n) is 4.13. The Labute approximate surface area is 159 Å². The summed E-state index contributed by atoms with van der Waals surface area (Å²) in [4.78, 5) is 9.09. The molecule has 0 bridgehead atoms. The predicted octanol–water partition coefficient (Wildman–Crippen LogP) is 5.27. The molecule has 0 amide bonds. The summed E-state index contributed by atoms with van der Waals surface area (Å²) in [6, 6.07) is 20.3. The fourth-order valence-electron chi connectivity index (χ4n) is 2.73. The van der Waals surface area contributed by atoms with Crippen molar-refractivity contribution in [3.05, 3.63) is 82.5 Å². The minimum atomic E-state index is 0.139. The smallest absolute Gasteiger partial charge is 0.225 e. The largest absolute Gasteiger partial charge is 0.370 e. The number of anilines is 2. The van der Waals surface area contributed by atoms with E-state index in [1.807, 2.05) is 55.5 Å². The van der Waals surface area contributed by atoms with E-state index >= 15 is 0 Å². The molecule has 0 aliphatic carbocycles. The molecule has 1 unspecified atom stereocenters. The Kier molecular flexibility index (Phi) is 6.08. The zero-order valence-corrected chi connectivity index (χ0v) is 15.8. The number of nitrogens with one attached hydrogen (secondary N) is 2. The van der Waals surface area contributed by atoms with Crippen molar-refractivity contribution in [3.63, 3.8) is 0 Å². The van der Waals surface area contributed by atoms with E-state index in [1.165, 1.54) is 11.1 Å². The van der Waals surface area contributed by atoms with Gasteiger partial charge in [0.15, 0.2) is 0 Å². The van der Waals surface area contributed by atoms with Crippen molar-refractivity contribution in [2.24, 2.45) is 0 Å². The highest BCUT2D eigenvalue weighted by molar-refractivity contribution is 6.30. The Morgan fingerprint density at radius 2 is 1.73 bits per heavy atom. The summed E-state index contributed by atoms with van der Waals surface area (Å²) in [5.41, 5.74) is 3.37. The molecule has 1 atom stereocenters. The minimum absolute atomic E-state index is 0.139. The van der Waals surface area contributed by atoms with Crippen molar-refractivity contribution in [1.82, 2.24) is 9.97 Å². The molecule has 0 fully saturated rings. The zero-order valence-electron chi connectivity index (χ0n) is 15.0. The number of rotatable bonds is 7. The van der Waals surface area contributed by atoms with Crippen LogP contribution in [-0.2, 0) is 6.42 Å². The maximum Gasteiger partial charge on any atom is 0.225 e. The first-order valence-electron chi connectivity index (χ1n) is 8.75. The monoisotopic (exact) mass is 366 g/mol. The van der Waals surface area contributed by atoms with Gasteiger partial charge in [-0.1, -0.05) is 54.1 Å². The van der Waals surface area contributed by atoms with Gasteiger partial charge in [-0.05, 0) is 43.5 Å². The highest BCUT2D eigenvalue weighted by Gasteiger charge is 2.08. The van der Waals surface area contributed by atoms with E-state index in [9.17, 15) is 0 Å². The van der Waals surface area contributed by atoms with Crippen LogP contribution in [0.5, 0.6) is 0 Å². The van der Waals surface area contributed by atoms with Crippen LogP contribution in [0.3, 0.4) is 0 Å². The van der Waals surface area contributed by atoms with Gasteiger partial charge in [-0.15, -0.1) is 0 Å². The normalized spacial score (nSPS) is 11.8. The molecule has 2 N–H and O–H groups in total. The van der Waals surface area contributed by atoms with Gasteiger partial charge in [0.25, 0.3) is 0 Å². The molecule has 0 aliphatic heterocycles. The Bertz CT molecular complexity index is 834. The molecule has 0 radical (unpaired) electrons. The topological polar surface area (TPSA) is 49.8 Å². The molecule has 0 spiro atoms. The molecule has 134 valence electrons. The van der Waals surface area contributed by atoms with E-state index in [4.69, 9.17) is 11.6 Å². The maximum absolute atomic E-state index is 5.92. The maximum atomic E-state index is 5.92. The second-order valence-electron chi connectivity index (χ2n) is 6.30. The predicted molar refractivity (Wildman–Crippen MR) is 109 cm³/mol. The second kappa shape index (κ2) is 8.68. The highest BCUT2D eigenvalue weighted by atomic mass is 35.5. The van der Waals surface area contributed by atoms with E-state index in [0.717, 1.165) is 29.5 Å². The van der Waals surface area contributed by atoms with Crippen LogP contribution in [0.2, 0.25) is 5.02 Å². The van der Waals surface area contributed by atoms with Crippen LogP contribution >= 0.6 is 11.6 Å². The van der Waals surface area contributed by atoms with Gasteiger partial charge in [0.2, 0.25) is 5.95 Å². The van der Waals surface area contributed by atoms with Crippen LogP contribution in [0.1, 0.15) is 29.8 Å². The lowest BCUT2D eigenvalue weighted by Gasteiger charge is -2.15. The van der Waals surface area contributed by atoms with Crippen molar-refractivity contribution >= 4 is 23.4 Å². The van der Waals surface area contributed by atoms with Gasteiger partial charge in [0, 0.05) is 23.3 Å². The van der Waals surface area contributed by atoms with Crippen LogP contribution in [0.25, 0.3) is 0 Å². The van der Waals surface area contributed by atoms with Gasteiger partial charge in [-0.25, -0.2) is 4.98 Å². The van der Waals surface area contributed by atoms with Gasteiger partial charge >= 0.3 is 0 Å². The van der Waals surface area contributed by atoms with E-state index in [-0.39, 0.29) is 6.04 Å². The van der Waals surface area contributed by atoms with Crippen LogP contribution in [0.4, 0.5) is 11.8 Å². The molecular weight excluding hydrogens is 344 g/mol. The molecule has 3 aromatic rings. The Balaban J connectivity index is 1.61. The first-order chi connectivity index (χ1) is 12.6. The van der Waals surface area contributed by atoms with Gasteiger partial charge < -0.3 is 10.6 Å². The van der Waals surface area contributed by atoms with Crippen LogP contribution in [-0.4, -0.2) is 16.5 Å². The van der Waals surface area contributed by atoms with Gasteiger partial charge in [0.05, 0.1) is 6.04 Å². The fourth-order valence-corrected chi connectivity index (χ4v) is 2.85. The highest BCUT2D eigenvalue weighted by Crippen LogP contribution is 2.18. The van der Waals surface area contributed by atoms with Crippen molar-refractivity contribution in [2.75, 3.05) is 17.2 Å². The molecule has 0 saturated carbocycles. The number of hydrogen-bond acceptors (Lipinski definition) is 4. The summed E-state index contributed by atoms with van der Waals surface area (Å²) < 4.78 is 0. The van der Waals surface area contributed by atoms with Crippen LogP contribution < -0.4 is 10.6 Å². The van der Waals surface area contributed by atoms with Gasteiger partial charge in [-0.3, -0.25) is 0 Å². The summed E-state index contributed by atoms with van der Waals surface area (Å²) in [7, 11) is 0. The van der Waals surface area contributed by atoms with Crippen molar-refractivity contribution in [2.45, 2.75) is 26.3 Å². The molecular formula is C21H23ClN4. The molecule has 0 saturated heterocycles. The van der Waals surface area contributed by atoms with Crippen LogP contribution in [0.15, 0.2) is 60.7 Å². The lowest BCUT2D eigenvalue weighted by atomic mass is 10.1. The molecule has 1 aromatic heterocycles. The molecule has 2 aromatic carbocycles. The van der Waals surface area contributed by atoms with Crippen molar-refractivity contribution in [1.29, 1.82) is 0 Å². The van der Waals surface area contributed by atoms with Crippen LogP contribution in [0, 0.1) is 6.92 Å². The molecule has 5 heteroatoms. The number of benzene rings is 2. The second-order valence-corrected chi connectivity index (χ2v) is 6.73. The molecule has 3 rings (SSSR count). The van der Waals surface area contributed by atoms with E-state index in [0.29, 0.717) is 5.95 Å². The Morgan fingerprint density at radius 1 is 1.00 bits per heavy atom. The summed E-state index contributed by atoms with van der Waals surface area (Å²) >= 11 is 5.92. The lowest BCUT2D eigenvalue weighted by molar-refractivity contribution is 0.856. The number of aromatic nitrogens is 2. The van der Waals surface area contributed by atoms with Gasteiger partial charge in [0.1, 0.15) is 5.82 Å². The molecule has 1 heterocycles. The minimum Gasteiger partial charge on any atom is -0.370 e. The van der Waals surface area contributed by atoms with E-state index in [1.54, 1.807) is 0 Å². The molecule has 0 aliphatic rings. The Hall–Kier alpha value is -2.59. The average Bonchev–Trinajstić information content (AvgIpc) is 2.64. The number of nitrogens with zero attached hydrogens (tertiary/aromatic N) is 2. The number of halogens is 1.